The third-order valence-electron chi connectivity index (χ3n) is 1.92. The van der Waals surface area contributed by atoms with Gasteiger partial charge in [0, 0.05) is 11.3 Å². The van der Waals surface area contributed by atoms with Gasteiger partial charge in [-0.1, -0.05) is 12.1 Å². The molecule has 0 aliphatic carbocycles. The number of halogens is 3. The van der Waals surface area contributed by atoms with Gasteiger partial charge in [0.05, 0.1) is 0 Å². The van der Waals surface area contributed by atoms with Gasteiger partial charge in [0.1, 0.15) is 5.78 Å². The maximum Gasteiger partial charge on any atom is 0.446 e. The SMILES string of the molecule is CC(=O)Cc1ccc(SC(F)(F)F)c(C)c1. The first kappa shape index (κ1) is 13.1. The van der Waals surface area contributed by atoms with E-state index in [0.717, 1.165) is 5.56 Å². The number of thioether (sulfide) groups is 1. The molecule has 0 aliphatic heterocycles. The van der Waals surface area contributed by atoms with Crippen LogP contribution in [0.3, 0.4) is 0 Å². The lowest BCUT2D eigenvalue weighted by Crippen LogP contribution is -2.01. The smallest absolute Gasteiger partial charge is 0.300 e. The normalized spacial score (nSPS) is 11.6. The highest BCUT2D eigenvalue weighted by molar-refractivity contribution is 8.00. The summed E-state index contributed by atoms with van der Waals surface area (Å²) >= 11 is -0.130. The van der Waals surface area contributed by atoms with Gasteiger partial charge in [0.2, 0.25) is 0 Å². The van der Waals surface area contributed by atoms with E-state index in [2.05, 4.69) is 0 Å². The molecule has 0 saturated heterocycles. The van der Waals surface area contributed by atoms with Crippen molar-refractivity contribution in [3.05, 3.63) is 29.3 Å². The fourth-order valence-electron chi connectivity index (χ4n) is 1.35. The molecule has 0 atom stereocenters. The fraction of sp³-hybridized carbons (Fsp3) is 0.364. The molecule has 0 saturated carbocycles. The third-order valence-corrected chi connectivity index (χ3v) is 2.83. The lowest BCUT2D eigenvalue weighted by atomic mass is 10.1. The van der Waals surface area contributed by atoms with Gasteiger partial charge in [0.25, 0.3) is 0 Å². The van der Waals surface area contributed by atoms with Gasteiger partial charge in [-0.25, -0.2) is 0 Å². The maximum atomic E-state index is 12.1. The quantitative estimate of drug-likeness (QED) is 0.758. The Balaban J connectivity index is 2.87. The van der Waals surface area contributed by atoms with Crippen LogP contribution in [0.15, 0.2) is 23.1 Å². The number of alkyl halides is 3. The zero-order valence-electron chi connectivity index (χ0n) is 8.89. The van der Waals surface area contributed by atoms with Crippen LogP contribution in [0.5, 0.6) is 0 Å². The van der Waals surface area contributed by atoms with Gasteiger partial charge in [-0.15, -0.1) is 0 Å². The van der Waals surface area contributed by atoms with Gasteiger partial charge in [-0.3, -0.25) is 4.79 Å². The Labute approximate surface area is 96.0 Å². The highest BCUT2D eigenvalue weighted by atomic mass is 32.2. The van der Waals surface area contributed by atoms with Gasteiger partial charge in [-0.05, 0) is 42.8 Å². The number of rotatable bonds is 3. The molecule has 0 N–H and O–H groups in total. The third kappa shape index (κ3) is 4.26. The Bertz CT molecular complexity index is 399. The molecule has 0 aliphatic rings. The van der Waals surface area contributed by atoms with Crippen molar-refractivity contribution in [3.63, 3.8) is 0 Å². The number of hydrogen-bond donors (Lipinski definition) is 0. The highest BCUT2D eigenvalue weighted by Gasteiger charge is 2.29. The van der Waals surface area contributed by atoms with Gasteiger partial charge in [0.15, 0.2) is 0 Å². The number of carbonyl (C=O) groups is 1. The monoisotopic (exact) mass is 248 g/mol. The van der Waals surface area contributed by atoms with E-state index in [-0.39, 0.29) is 28.9 Å². The first-order valence-electron chi connectivity index (χ1n) is 4.62. The molecule has 0 aromatic heterocycles. The van der Waals surface area contributed by atoms with E-state index >= 15 is 0 Å². The van der Waals surface area contributed by atoms with Crippen LogP contribution < -0.4 is 0 Å². The number of carbonyl (C=O) groups excluding carboxylic acids is 1. The van der Waals surface area contributed by atoms with Crippen molar-refractivity contribution in [2.24, 2.45) is 0 Å². The number of ketones is 1. The van der Waals surface area contributed by atoms with Crippen molar-refractivity contribution in [2.45, 2.75) is 30.7 Å². The predicted molar refractivity (Wildman–Crippen MR) is 57.5 cm³/mol. The second kappa shape index (κ2) is 4.91. The standard InChI is InChI=1S/C11H11F3OS/c1-7-5-9(6-8(2)15)3-4-10(7)16-11(12,13)14/h3-5H,6H2,1-2H3. The van der Waals surface area contributed by atoms with Crippen molar-refractivity contribution in [3.8, 4) is 0 Å². The van der Waals surface area contributed by atoms with Gasteiger partial charge in [-0.2, -0.15) is 13.2 Å². The predicted octanol–water partition coefficient (Wildman–Crippen LogP) is 3.74. The second-order valence-corrected chi connectivity index (χ2v) is 4.63. The van der Waals surface area contributed by atoms with E-state index in [1.54, 1.807) is 19.1 Å². The zero-order valence-corrected chi connectivity index (χ0v) is 9.71. The lowest BCUT2D eigenvalue weighted by molar-refractivity contribution is -0.116. The van der Waals surface area contributed by atoms with E-state index in [0.29, 0.717) is 5.56 Å². The van der Waals surface area contributed by atoms with Gasteiger partial charge >= 0.3 is 5.51 Å². The highest BCUT2D eigenvalue weighted by Crippen LogP contribution is 2.38. The molecule has 1 nitrogen and oxygen atoms in total. The summed E-state index contributed by atoms with van der Waals surface area (Å²) in [6, 6.07) is 4.59. The molecule has 0 fully saturated rings. The van der Waals surface area contributed by atoms with Crippen LogP contribution in [-0.2, 0) is 11.2 Å². The van der Waals surface area contributed by atoms with Crippen molar-refractivity contribution in [1.82, 2.24) is 0 Å². The Morgan fingerprint density at radius 3 is 2.44 bits per heavy atom. The largest absolute Gasteiger partial charge is 0.446 e. The molecule has 0 unspecified atom stereocenters. The van der Waals surface area contributed by atoms with E-state index < -0.39 is 5.51 Å². The molecule has 16 heavy (non-hydrogen) atoms. The van der Waals surface area contributed by atoms with E-state index in [9.17, 15) is 18.0 Å². The summed E-state index contributed by atoms with van der Waals surface area (Å²) in [4.78, 5) is 11.0. The van der Waals surface area contributed by atoms with Crippen LogP contribution in [0.1, 0.15) is 18.1 Å². The lowest BCUT2D eigenvalue weighted by Gasteiger charge is -2.09. The molecular formula is C11H11F3OS. The number of hydrogen-bond acceptors (Lipinski definition) is 2. The van der Waals surface area contributed by atoms with Crippen LogP contribution in [0.4, 0.5) is 13.2 Å². The van der Waals surface area contributed by atoms with Crippen LogP contribution in [0.25, 0.3) is 0 Å². The van der Waals surface area contributed by atoms with Crippen molar-refractivity contribution < 1.29 is 18.0 Å². The average Bonchev–Trinajstić information content (AvgIpc) is 2.06. The number of aryl methyl sites for hydroxylation is 1. The molecular weight excluding hydrogens is 237 g/mol. The van der Waals surface area contributed by atoms with Crippen molar-refractivity contribution in [1.29, 1.82) is 0 Å². The fourth-order valence-corrected chi connectivity index (χ4v) is 1.95. The summed E-state index contributed by atoms with van der Waals surface area (Å²) < 4.78 is 36.4. The zero-order chi connectivity index (χ0) is 12.3. The summed E-state index contributed by atoms with van der Waals surface area (Å²) in [5.41, 5.74) is -2.98. The van der Waals surface area contributed by atoms with Crippen molar-refractivity contribution >= 4 is 17.5 Å². The van der Waals surface area contributed by atoms with E-state index in [4.69, 9.17) is 0 Å². The molecule has 88 valence electrons. The maximum absolute atomic E-state index is 12.1. The first-order chi connectivity index (χ1) is 7.28. The van der Waals surface area contributed by atoms with Gasteiger partial charge < -0.3 is 0 Å². The minimum absolute atomic E-state index is 0.00405. The number of Topliss-reactive ketones (excluding diaryl/α,β-unsaturated/α-hetero) is 1. The Kier molecular flexibility index (Phi) is 4.02. The second-order valence-electron chi connectivity index (χ2n) is 3.53. The molecule has 5 heteroatoms. The summed E-state index contributed by atoms with van der Waals surface area (Å²) in [6.45, 7) is 3.06. The topological polar surface area (TPSA) is 17.1 Å². The summed E-state index contributed by atoms with van der Waals surface area (Å²) in [5.74, 6) is -0.00405. The summed E-state index contributed by atoms with van der Waals surface area (Å²) in [6.07, 6.45) is 0.262. The molecule has 0 spiro atoms. The van der Waals surface area contributed by atoms with E-state index in [1.165, 1.54) is 13.0 Å². The molecule has 1 aromatic carbocycles. The molecule has 0 radical (unpaired) electrons. The van der Waals surface area contributed by atoms with Crippen LogP contribution in [-0.4, -0.2) is 11.3 Å². The minimum Gasteiger partial charge on any atom is -0.300 e. The molecule has 0 heterocycles. The summed E-state index contributed by atoms with van der Waals surface area (Å²) in [5, 5.41) is 0. The minimum atomic E-state index is -4.27. The Morgan fingerprint density at radius 1 is 1.38 bits per heavy atom. The van der Waals surface area contributed by atoms with Crippen molar-refractivity contribution in [2.75, 3.05) is 0 Å². The molecule has 1 aromatic rings. The Morgan fingerprint density at radius 2 is 2.00 bits per heavy atom. The van der Waals surface area contributed by atoms with Crippen LogP contribution in [0.2, 0.25) is 0 Å². The molecule has 0 bridgehead atoms. The molecule has 0 amide bonds. The Hall–Kier alpha value is -0.970. The van der Waals surface area contributed by atoms with Crippen LogP contribution in [0, 0.1) is 6.92 Å². The average molecular weight is 248 g/mol. The summed E-state index contributed by atoms with van der Waals surface area (Å²) in [7, 11) is 0. The van der Waals surface area contributed by atoms with Crippen LogP contribution >= 0.6 is 11.8 Å². The first-order valence-corrected chi connectivity index (χ1v) is 5.44. The molecule has 1 rings (SSSR count). The number of benzene rings is 1. The van der Waals surface area contributed by atoms with E-state index in [1.807, 2.05) is 0 Å².